The molecule has 1 atom stereocenters. The van der Waals surface area contributed by atoms with Crippen molar-refractivity contribution in [2.45, 2.75) is 24.9 Å². The molecule has 136 valence electrons. The molecule has 26 heavy (non-hydrogen) atoms. The van der Waals surface area contributed by atoms with Crippen LogP contribution >= 0.6 is 0 Å². The van der Waals surface area contributed by atoms with E-state index in [1.807, 2.05) is 36.4 Å². The summed E-state index contributed by atoms with van der Waals surface area (Å²) in [5.74, 6) is -1.18. The summed E-state index contributed by atoms with van der Waals surface area (Å²) in [6, 6.07) is 16.0. The molecule has 1 amide bonds. The van der Waals surface area contributed by atoms with Crippen LogP contribution in [0.5, 0.6) is 0 Å². The predicted molar refractivity (Wildman–Crippen MR) is 95.9 cm³/mol. The fraction of sp³-hybridized carbons (Fsp3) is 0.300. The van der Waals surface area contributed by atoms with Crippen molar-refractivity contribution in [3.05, 3.63) is 59.7 Å². The summed E-state index contributed by atoms with van der Waals surface area (Å²) in [6.07, 6.45) is -1.14. The maximum absolute atomic E-state index is 12.0. The van der Waals surface area contributed by atoms with Crippen molar-refractivity contribution in [3.63, 3.8) is 0 Å². The lowest BCUT2D eigenvalue weighted by atomic mass is 9.98. The van der Waals surface area contributed by atoms with Crippen LogP contribution in [0.3, 0.4) is 0 Å². The van der Waals surface area contributed by atoms with E-state index in [0.717, 1.165) is 22.3 Å². The van der Waals surface area contributed by atoms with Gasteiger partial charge in [0.25, 0.3) is 0 Å². The van der Waals surface area contributed by atoms with Gasteiger partial charge in [0.2, 0.25) is 0 Å². The minimum absolute atomic E-state index is 0.0484. The molecule has 3 rings (SSSR count). The van der Waals surface area contributed by atoms with Crippen LogP contribution in [0.1, 0.15) is 30.4 Å². The summed E-state index contributed by atoms with van der Waals surface area (Å²) in [7, 11) is 0. The highest BCUT2D eigenvalue weighted by Gasteiger charge is 2.29. The molecule has 0 aromatic heterocycles. The lowest BCUT2D eigenvalue weighted by Crippen LogP contribution is -2.42. The third-order valence-electron chi connectivity index (χ3n) is 4.49. The number of fused-ring (bicyclic) bond motifs is 3. The van der Waals surface area contributed by atoms with Crippen LogP contribution in [0.15, 0.2) is 48.5 Å². The Morgan fingerprint density at radius 2 is 1.62 bits per heavy atom. The molecule has 0 saturated heterocycles. The first-order valence-electron chi connectivity index (χ1n) is 8.40. The molecule has 1 aliphatic rings. The van der Waals surface area contributed by atoms with Crippen LogP contribution in [0.2, 0.25) is 0 Å². The molecule has 3 N–H and O–H groups in total. The number of aliphatic hydroxyl groups is 1. The maximum atomic E-state index is 12.0. The first kappa shape index (κ1) is 17.9. The number of rotatable bonds is 6. The summed E-state index contributed by atoms with van der Waals surface area (Å²) in [5.41, 5.74) is 2.97. The van der Waals surface area contributed by atoms with Crippen LogP contribution in [-0.4, -0.2) is 41.0 Å². The Labute approximate surface area is 151 Å². The van der Waals surface area contributed by atoms with E-state index in [9.17, 15) is 14.7 Å². The van der Waals surface area contributed by atoms with Gasteiger partial charge in [0, 0.05) is 12.5 Å². The third kappa shape index (κ3) is 3.86. The Morgan fingerprint density at radius 3 is 2.15 bits per heavy atom. The van der Waals surface area contributed by atoms with Gasteiger partial charge >= 0.3 is 12.1 Å². The van der Waals surface area contributed by atoms with Crippen molar-refractivity contribution >= 4 is 12.1 Å². The fourth-order valence-corrected chi connectivity index (χ4v) is 3.30. The monoisotopic (exact) mass is 355 g/mol. The van der Waals surface area contributed by atoms with Crippen LogP contribution in [-0.2, 0) is 9.53 Å². The third-order valence-corrected chi connectivity index (χ3v) is 4.49. The molecule has 6 heteroatoms. The van der Waals surface area contributed by atoms with Gasteiger partial charge in [-0.25, -0.2) is 4.79 Å². The second-order valence-electron chi connectivity index (χ2n) is 6.75. The molecule has 1 unspecified atom stereocenters. The summed E-state index contributed by atoms with van der Waals surface area (Å²) in [4.78, 5) is 22.7. The van der Waals surface area contributed by atoms with Crippen LogP contribution < -0.4 is 5.32 Å². The normalized spacial score (nSPS) is 14.8. The van der Waals surface area contributed by atoms with Gasteiger partial charge in [0.05, 0.1) is 12.0 Å². The SMILES string of the molecule is CC(O)(CNC(=O)OCC1c2ccccc2-c2ccccc21)CC(=O)O. The van der Waals surface area contributed by atoms with Crippen LogP contribution in [0.4, 0.5) is 4.79 Å². The largest absolute Gasteiger partial charge is 0.481 e. The van der Waals surface area contributed by atoms with Gasteiger partial charge in [-0.05, 0) is 29.2 Å². The van der Waals surface area contributed by atoms with E-state index in [1.165, 1.54) is 6.92 Å². The molecular weight excluding hydrogens is 334 g/mol. The molecule has 0 heterocycles. The number of nitrogens with one attached hydrogen (secondary N) is 1. The van der Waals surface area contributed by atoms with E-state index in [2.05, 4.69) is 17.4 Å². The summed E-state index contributed by atoms with van der Waals surface area (Å²) in [5, 5.41) is 21.1. The zero-order valence-corrected chi connectivity index (χ0v) is 14.4. The van der Waals surface area contributed by atoms with E-state index < -0.39 is 24.1 Å². The van der Waals surface area contributed by atoms with Crippen molar-refractivity contribution < 1.29 is 24.5 Å². The van der Waals surface area contributed by atoms with Gasteiger partial charge < -0.3 is 20.3 Å². The molecule has 2 aromatic rings. The van der Waals surface area contributed by atoms with E-state index in [0.29, 0.717) is 0 Å². The van der Waals surface area contributed by atoms with E-state index >= 15 is 0 Å². The van der Waals surface area contributed by atoms with E-state index in [-0.39, 0.29) is 19.1 Å². The molecule has 0 fully saturated rings. The van der Waals surface area contributed by atoms with Crippen molar-refractivity contribution in [3.8, 4) is 11.1 Å². The number of alkyl carbamates (subject to hydrolysis) is 1. The minimum Gasteiger partial charge on any atom is -0.481 e. The zero-order valence-electron chi connectivity index (χ0n) is 14.4. The van der Waals surface area contributed by atoms with Gasteiger partial charge in [-0.2, -0.15) is 0 Å². The Bertz CT molecular complexity index is 785. The number of hydrogen-bond donors (Lipinski definition) is 3. The molecule has 6 nitrogen and oxygen atoms in total. The number of carboxylic acids is 1. The molecular formula is C20H21NO5. The van der Waals surface area contributed by atoms with E-state index in [4.69, 9.17) is 9.84 Å². The highest BCUT2D eigenvalue weighted by molar-refractivity contribution is 5.79. The molecule has 0 spiro atoms. The Kier molecular flexibility index (Phi) is 4.95. The lowest BCUT2D eigenvalue weighted by molar-refractivity contribution is -0.141. The number of amides is 1. The Hall–Kier alpha value is -2.86. The number of carbonyl (C=O) groups is 2. The molecule has 0 aliphatic heterocycles. The average Bonchev–Trinajstić information content (AvgIpc) is 2.91. The lowest BCUT2D eigenvalue weighted by Gasteiger charge is -2.21. The molecule has 0 bridgehead atoms. The van der Waals surface area contributed by atoms with Crippen molar-refractivity contribution in [1.29, 1.82) is 0 Å². The first-order valence-corrected chi connectivity index (χ1v) is 8.40. The Balaban J connectivity index is 1.63. The number of aliphatic carboxylic acids is 1. The van der Waals surface area contributed by atoms with Crippen LogP contribution in [0, 0.1) is 0 Å². The fourth-order valence-electron chi connectivity index (χ4n) is 3.30. The molecule has 1 aliphatic carbocycles. The highest BCUT2D eigenvalue weighted by atomic mass is 16.5. The number of ether oxygens (including phenoxy) is 1. The summed E-state index contributed by atoms with van der Waals surface area (Å²) < 4.78 is 5.33. The van der Waals surface area contributed by atoms with Gasteiger partial charge in [0.1, 0.15) is 6.61 Å². The average molecular weight is 355 g/mol. The molecule has 0 radical (unpaired) electrons. The Morgan fingerprint density at radius 1 is 1.08 bits per heavy atom. The van der Waals surface area contributed by atoms with Crippen molar-refractivity contribution in [1.82, 2.24) is 5.32 Å². The number of benzene rings is 2. The zero-order chi connectivity index (χ0) is 18.7. The minimum atomic E-state index is -1.53. The number of carboxylic acid groups (broad SMARTS) is 1. The quantitative estimate of drug-likeness (QED) is 0.740. The molecule has 0 saturated carbocycles. The standard InChI is InChI=1S/C20H21NO5/c1-20(25,10-18(22)23)12-21-19(24)26-11-17-15-8-4-2-6-13(15)14-7-3-5-9-16(14)17/h2-9,17,25H,10-12H2,1H3,(H,21,24)(H,22,23). The van der Waals surface area contributed by atoms with Crippen LogP contribution in [0.25, 0.3) is 11.1 Å². The maximum Gasteiger partial charge on any atom is 0.407 e. The number of carbonyl (C=O) groups excluding carboxylic acids is 1. The number of hydrogen-bond acceptors (Lipinski definition) is 4. The van der Waals surface area contributed by atoms with Gasteiger partial charge in [-0.15, -0.1) is 0 Å². The highest BCUT2D eigenvalue weighted by Crippen LogP contribution is 2.44. The second kappa shape index (κ2) is 7.17. The van der Waals surface area contributed by atoms with E-state index in [1.54, 1.807) is 0 Å². The molecule has 2 aromatic carbocycles. The topological polar surface area (TPSA) is 95.9 Å². The summed E-state index contributed by atoms with van der Waals surface area (Å²) >= 11 is 0. The summed E-state index contributed by atoms with van der Waals surface area (Å²) in [6.45, 7) is 1.32. The van der Waals surface area contributed by atoms with Crippen molar-refractivity contribution in [2.24, 2.45) is 0 Å². The van der Waals surface area contributed by atoms with Crippen molar-refractivity contribution in [2.75, 3.05) is 13.2 Å². The van der Waals surface area contributed by atoms with Gasteiger partial charge in [-0.1, -0.05) is 48.5 Å². The van der Waals surface area contributed by atoms with Gasteiger partial charge in [0.15, 0.2) is 0 Å². The predicted octanol–water partition coefficient (Wildman–Crippen LogP) is 2.75. The van der Waals surface area contributed by atoms with Gasteiger partial charge in [-0.3, -0.25) is 4.79 Å². The first-order chi connectivity index (χ1) is 12.4. The second-order valence-corrected chi connectivity index (χ2v) is 6.75. The smallest absolute Gasteiger partial charge is 0.407 e.